The molecule has 2 heterocycles. The molecule has 176 valence electrons. The van der Waals surface area contributed by atoms with Crippen LogP contribution in [-0.4, -0.2) is 13.1 Å². The molecule has 0 amide bonds. The van der Waals surface area contributed by atoms with E-state index in [4.69, 9.17) is 0 Å². The minimum absolute atomic E-state index is 0.169. The molecule has 0 radical (unpaired) electrons. The summed E-state index contributed by atoms with van der Waals surface area (Å²) in [5, 5.41) is 19.0. The van der Waals surface area contributed by atoms with Crippen molar-refractivity contribution in [3.05, 3.63) is 131 Å². The highest BCUT2D eigenvalue weighted by atomic mass is 15.2. The van der Waals surface area contributed by atoms with Gasteiger partial charge >= 0.3 is 0 Å². The van der Waals surface area contributed by atoms with Crippen LogP contribution in [0.1, 0.15) is 34.3 Å². The fraction of sp³-hybridized carbons (Fsp3) is 0.188. The standard InChI is InChI=1S/2C16H14N2/c2*17-12-16-15-9-5-4-6-13(15)10-11-18(16)14-7-2-1-3-8-14/h2*1-9,16H,10-11H2/t2*16-/m10/s1. The van der Waals surface area contributed by atoms with Crippen LogP contribution >= 0.6 is 0 Å². The molecule has 0 saturated carbocycles. The topological polar surface area (TPSA) is 54.1 Å². The number of hydrogen-bond acceptors (Lipinski definition) is 4. The van der Waals surface area contributed by atoms with Gasteiger partial charge in [0, 0.05) is 24.5 Å². The van der Waals surface area contributed by atoms with E-state index in [0.717, 1.165) is 48.4 Å². The summed E-state index contributed by atoms with van der Waals surface area (Å²) in [5.74, 6) is 0. The lowest BCUT2D eigenvalue weighted by atomic mass is 9.93. The predicted molar refractivity (Wildman–Crippen MR) is 145 cm³/mol. The third-order valence-electron chi connectivity index (χ3n) is 6.99. The minimum atomic E-state index is -0.169. The molecule has 0 saturated heterocycles. The average Bonchev–Trinajstić information content (AvgIpc) is 2.97. The van der Waals surface area contributed by atoms with E-state index in [9.17, 15) is 10.5 Å². The molecular weight excluding hydrogens is 440 g/mol. The zero-order chi connectivity index (χ0) is 24.7. The molecule has 4 aromatic rings. The molecule has 0 bridgehead atoms. The molecule has 0 aliphatic carbocycles. The second kappa shape index (κ2) is 10.8. The molecule has 0 spiro atoms. The molecule has 36 heavy (non-hydrogen) atoms. The summed E-state index contributed by atoms with van der Waals surface area (Å²) < 4.78 is 0. The maximum Gasteiger partial charge on any atom is 0.142 e. The van der Waals surface area contributed by atoms with Crippen LogP contribution in [0.4, 0.5) is 11.4 Å². The smallest absolute Gasteiger partial charge is 0.142 e. The SMILES string of the molecule is N#C[C@@H]1c2ccccc2CCN1c1ccccc1.N#C[C@H]1c2ccccc2CCN1c1ccccc1. The normalized spacial score (nSPS) is 17.9. The summed E-state index contributed by atoms with van der Waals surface area (Å²) in [6, 6.07) is 41.4. The summed E-state index contributed by atoms with van der Waals surface area (Å²) in [4.78, 5) is 4.37. The predicted octanol–water partition coefficient (Wildman–Crippen LogP) is 6.63. The number of nitriles is 2. The lowest BCUT2D eigenvalue weighted by molar-refractivity contribution is 0.676. The number of anilines is 2. The van der Waals surface area contributed by atoms with Crippen LogP contribution in [-0.2, 0) is 12.8 Å². The average molecular weight is 469 g/mol. The van der Waals surface area contributed by atoms with Crippen LogP contribution in [0.25, 0.3) is 0 Å². The molecule has 0 N–H and O–H groups in total. The summed E-state index contributed by atoms with van der Waals surface area (Å²) in [7, 11) is 0. The van der Waals surface area contributed by atoms with Gasteiger partial charge in [0.05, 0.1) is 12.1 Å². The maximum atomic E-state index is 9.48. The number of para-hydroxylation sites is 2. The zero-order valence-corrected chi connectivity index (χ0v) is 20.2. The van der Waals surface area contributed by atoms with Crippen molar-refractivity contribution in [3.63, 3.8) is 0 Å². The number of benzene rings is 4. The maximum absolute atomic E-state index is 9.48. The van der Waals surface area contributed by atoms with Gasteiger partial charge in [-0.15, -0.1) is 0 Å². The Hall–Kier alpha value is -4.54. The zero-order valence-electron chi connectivity index (χ0n) is 20.2. The van der Waals surface area contributed by atoms with E-state index in [1.807, 2.05) is 60.7 Å². The van der Waals surface area contributed by atoms with E-state index in [1.54, 1.807) is 0 Å². The van der Waals surface area contributed by atoms with Gasteiger partial charge in [-0.25, -0.2) is 0 Å². The van der Waals surface area contributed by atoms with Crippen molar-refractivity contribution in [2.45, 2.75) is 24.9 Å². The highest BCUT2D eigenvalue weighted by Crippen LogP contribution is 2.34. The first-order chi connectivity index (χ1) is 17.8. The van der Waals surface area contributed by atoms with Crippen molar-refractivity contribution in [2.75, 3.05) is 22.9 Å². The van der Waals surface area contributed by atoms with Crippen LogP contribution in [0.2, 0.25) is 0 Å². The van der Waals surface area contributed by atoms with Crippen molar-refractivity contribution < 1.29 is 0 Å². The highest BCUT2D eigenvalue weighted by Gasteiger charge is 2.27. The van der Waals surface area contributed by atoms with E-state index in [2.05, 4.69) is 70.5 Å². The Kier molecular flexibility index (Phi) is 6.97. The van der Waals surface area contributed by atoms with Crippen molar-refractivity contribution in [1.82, 2.24) is 0 Å². The largest absolute Gasteiger partial charge is 0.352 e. The summed E-state index contributed by atoms with van der Waals surface area (Å²) in [6.07, 6.45) is 2.01. The third kappa shape index (κ3) is 4.67. The van der Waals surface area contributed by atoms with Crippen LogP contribution in [0, 0.1) is 22.7 Å². The Balaban J connectivity index is 0.000000148. The Morgan fingerprint density at radius 1 is 0.500 bits per heavy atom. The first kappa shape index (κ1) is 23.2. The monoisotopic (exact) mass is 468 g/mol. The first-order valence-corrected chi connectivity index (χ1v) is 12.4. The van der Waals surface area contributed by atoms with Gasteiger partial charge in [-0.2, -0.15) is 10.5 Å². The van der Waals surface area contributed by atoms with Gasteiger partial charge in [0.15, 0.2) is 0 Å². The van der Waals surface area contributed by atoms with Crippen molar-refractivity contribution in [1.29, 1.82) is 10.5 Å². The van der Waals surface area contributed by atoms with E-state index < -0.39 is 0 Å². The second-order valence-electron chi connectivity index (χ2n) is 9.02. The summed E-state index contributed by atoms with van der Waals surface area (Å²) in [6.45, 7) is 1.80. The molecule has 0 aromatic heterocycles. The Bertz CT molecular complexity index is 1280. The molecule has 0 fully saturated rings. The van der Waals surface area contributed by atoms with E-state index in [1.165, 1.54) is 11.1 Å². The fourth-order valence-corrected chi connectivity index (χ4v) is 5.21. The molecule has 2 atom stereocenters. The van der Waals surface area contributed by atoms with Crippen LogP contribution < -0.4 is 9.80 Å². The fourth-order valence-electron chi connectivity index (χ4n) is 5.21. The molecule has 2 aliphatic rings. The van der Waals surface area contributed by atoms with Gasteiger partial charge in [0.1, 0.15) is 12.1 Å². The molecule has 4 aromatic carbocycles. The molecular formula is C32H28N4. The van der Waals surface area contributed by atoms with Crippen LogP contribution in [0.15, 0.2) is 109 Å². The Morgan fingerprint density at radius 2 is 0.861 bits per heavy atom. The number of hydrogen-bond donors (Lipinski definition) is 0. The van der Waals surface area contributed by atoms with Gasteiger partial charge in [0.2, 0.25) is 0 Å². The molecule has 4 heteroatoms. The number of rotatable bonds is 2. The second-order valence-corrected chi connectivity index (χ2v) is 9.02. The Morgan fingerprint density at radius 3 is 1.25 bits per heavy atom. The number of nitrogens with zero attached hydrogens (tertiary/aromatic N) is 4. The van der Waals surface area contributed by atoms with Gasteiger partial charge in [-0.05, 0) is 59.4 Å². The minimum Gasteiger partial charge on any atom is -0.352 e. The molecule has 6 rings (SSSR count). The lowest BCUT2D eigenvalue weighted by Crippen LogP contribution is -2.34. The van der Waals surface area contributed by atoms with Crippen molar-refractivity contribution in [2.24, 2.45) is 0 Å². The van der Waals surface area contributed by atoms with Crippen LogP contribution in [0.5, 0.6) is 0 Å². The first-order valence-electron chi connectivity index (χ1n) is 12.4. The van der Waals surface area contributed by atoms with E-state index in [0.29, 0.717) is 0 Å². The molecule has 0 unspecified atom stereocenters. The van der Waals surface area contributed by atoms with E-state index >= 15 is 0 Å². The summed E-state index contributed by atoms with van der Waals surface area (Å²) >= 11 is 0. The lowest BCUT2D eigenvalue weighted by Gasteiger charge is -2.35. The van der Waals surface area contributed by atoms with Gasteiger partial charge in [-0.3, -0.25) is 0 Å². The highest BCUT2D eigenvalue weighted by molar-refractivity contribution is 5.55. The number of fused-ring (bicyclic) bond motifs is 2. The van der Waals surface area contributed by atoms with Gasteiger partial charge < -0.3 is 9.80 Å². The van der Waals surface area contributed by atoms with Crippen LogP contribution in [0.3, 0.4) is 0 Å². The third-order valence-corrected chi connectivity index (χ3v) is 6.99. The van der Waals surface area contributed by atoms with E-state index in [-0.39, 0.29) is 12.1 Å². The molecule has 2 aliphatic heterocycles. The Labute approximate surface area is 213 Å². The molecule has 4 nitrogen and oxygen atoms in total. The van der Waals surface area contributed by atoms with Crippen molar-refractivity contribution >= 4 is 11.4 Å². The van der Waals surface area contributed by atoms with Gasteiger partial charge in [0.25, 0.3) is 0 Å². The summed E-state index contributed by atoms with van der Waals surface area (Å²) in [5.41, 5.74) is 7.15. The van der Waals surface area contributed by atoms with Gasteiger partial charge in [-0.1, -0.05) is 84.9 Å². The van der Waals surface area contributed by atoms with Crippen molar-refractivity contribution in [3.8, 4) is 12.1 Å². The quantitative estimate of drug-likeness (QED) is 0.331.